The largest absolute Gasteiger partial charge is 0.481 e. The summed E-state index contributed by atoms with van der Waals surface area (Å²) in [6.07, 6.45) is -2.87. The first kappa shape index (κ1) is 11.4. The van der Waals surface area contributed by atoms with Gasteiger partial charge in [-0.1, -0.05) is 0 Å². The number of carboxylic acids is 1. The summed E-state index contributed by atoms with van der Waals surface area (Å²) in [4.78, 5) is 14.2. The van der Waals surface area contributed by atoms with E-state index in [2.05, 4.69) is 4.98 Å². The molecule has 0 aromatic carbocycles. The van der Waals surface area contributed by atoms with Crippen LogP contribution in [0.2, 0.25) is 0 Å². The Labute approximate surface area is 84.5 Å². The maximum absolute atomic E-state index is 12.5. The average molecular weight is 217 g/mol. The summed E-state index contributed by atoms with van der Waals surface area (Å²) in [6, 6.07) is 1.07. The van der Waals surface area contributed by atoms with Gasteiger partial charge < -0.3 is 9.84 Å². The van der Waals surface area contributed by atoms with Crippen molar-refractivity contribution in [2.45, 2.75) is 13.3 Å². The summed E-state index contributed by atoms with van der Waals surface area (Å²) in [5.74, 6) is -1.46. The van der Waals surface area contributed by atoms with E-state index in [0.717, 1.165) is 6.07 Å². The Morgan fingerprint density at radius 1 is 1.60 bits per heavy atom. The molecule has 0 fully saturated rings. The molecule has 82 valence electrons. The zero-order chi connectivity index (χ0) is 11.6. The molecule has 0 unspecified atom stereocenters. The van der Waals surface area contributed by atoms with Gasteiger partial charge in [0.1, 0.15) is 0 Å². The van der Waals surface area contributed by atoms with E-state index < -0.39 is 23.7 Å². The number of ether oxygens (including phenoxy) is 1. The number of carbonyl (C=O) groups is 1. The summed E-state index contributed by atoms with van der Waals surface area (Å²) < 4.78 is 29.7. The van der Waals surface area contributed by atoms with Gasteiger partial charge in [0.15, 0.2) is 5.69 Å². The van der Waals surface area contributed by atoms with Crippen LogP contribution in [0.5, 0.6) is 5.88 Å². The van der Waals surface area contributed by atoms with Crippen LogP contribution in [0.25, 0.3) is 0 Å². The molecule has 1 rings (SSSR count). The summed E-state index contributed by atoms with van der Waals surface area (Å²) >= 11 is 0. The van der Waals surface area contributed by atoms with Crippen LogP contribution in [0, 0.1) is 6.92 Å². The van der Waals surface area contributed by atoms with E-state index >= 15 is 0 Å². The molecule has 15 heavy (non-hydrogen) atoms. The average Bonchev–Trinajstić information content (AvgIpc) is 2.16. The van der Waals surface area contributed by atoms with Crippen molar-refractivity contribution in [2.75, 3.05) is 7.11 Å². The fraction of sp³-hybridized carbons (Fsp3) is 0.333. The first-order valence-corrected chi connectivity index (χ1v) is 4.04. The Kier molecular flexibility index (Phi) is 3.18. The zero-order valence-corrected chi connectivity index (χ0v) is 8.12. The molecular weight excluding hydrogens is 208 g/mol. The lowest BCUT2D eigenvalue weighted by molar-refractivity contribution is 0.0675. The maximum atomic E-state index is 12.5. The van der Waals surface area contributed by atoms with E-state index in [4.69, 9.17) is 9.84 Å². The second kappa shape index (κ2) is 4.20. The van der Waals surface area contributed by atoms with Crippen molar-refractivity contribution in [3.8, 4) is 5.88 Å². The lowest BCUT2D eigenvalue weighted by Crippen LogP contribution is -2.08. The molecule has 1 aromatic heterocycles. The molecule has 4 nitrogen and oxygen atoms in total. The molecule has 0 aliphatic rings. The van der Waals surface area contributed by atoms with Crippen molar-refractivity contribution < 1.29 is 23.4 Å². The smallest absolute Gasteiger partial charge is 0.355 e. The van der Waals surface area contributed by atoms with Crippen LogP contribution in [-0.2, 0) is 0 Å². The van der Waals surface area contributed by atoms with Gasteiger partial charge in [0.25, 0.3) is 6.43 Å². The van der Waals surface area contributed by atoms with Crippen LogP contribution in [0.4, 0.5) is 8.78 Å². The third-order valence-corrected chi connectivity index (χ3v) is 1.83. The van der Waals surface area contributed by atoms with E-state index in [1.807, 2.05) is 0 Å². The number of hydrogen-bond donors (Lipinski definition) is 1. The van der Waals surface area contributed by atoms with Gasteiger partial charge in [0.05, 0.1) is 12.7 Å². The number of aromatic nitrogens is 1. The Morgan fingerprint density at radius 3 is 2.60 bits per heavy atom. The summed E-state index contributed by atoms with van der Waals surface area (Å²) in [5.41, 5.74) is -0.897. The summed E-state index contributed by atoms with van der Waals surface area (Å²) in [5, 5.41) is 8.67. The van der Waals surface area contributed by atoms with Gasteiger partial charge >= 0.3 is 5.97 Å². The highest BCUT2D eigenvalue weighted by Crippen LogP contribution is 2.26. The van der Waals surface area contributed by atoms with Crippen molar-refractivity contribution in [2.24, 2.45) is 0 Å². The number of rotatable bonds is 3. The number of halogens is 2. The Hall–Kier alpha value is -1.72. The number of aryl methyl sites for hydroxylation is 1. The van der Waals surface area contributed by atoms with E-state index in [1.165, 1.54) is 14.0 Å². The lowest BCUT2D eigenvalue weighted by Gasteiger charge is -2.09. The highest BCUT2D eigenvalue weighted by atomic mass is 19.3. The van der Waals surface area contributed by atoms with Gasteiger partial charge in [-0.2, -0.15) is 0 Å². The SMILES string of the molecule is COc1nc(C(=O)O)c(C(F)F)cc1C. The minimum absolute atomic E-state index is 0.0387. The maximum Gasteiger partial charge on any atom is 0.355 e. The standard InChI is InChI=1S/C9H9F2NO3/c1-4-3-5(7(10)11)6(9(13)14)12-8(4)15-2/h3,7H,1-2H3,(H,13,14). The van der Waals surface area contributed by atoms with Crippen molar-refractivity contribution in [1.29, 1.82) is 0 Å². The molecule has 0 aliphatic carbocycles. The number of pyridine rings is 1. The van der Waals surface area contributed by atoms with E-state index in [9.17, 15) is 13.6 Å². The fourth-order valence-electron chi connectivity index (χ4n) is 1.16. The predicted molar refractivity (Wildman–Crippen MR) is 47.4 cm³/mol. The molecule has 0 aliphatic heterocycles. The molecule has 1 N–H and O–H groups in total. The third-order valence-electron chi connectivity index (χ3n) is 1.83. The quantitative estimate of drug-likeness (QED) is 0.841. The summed E-state index contributed by atoms with van der Waals surface area (Å²) in [7, 11) is 1.29. The minimum Gasteiger partial charge on any atom is -0.481 e. The third kappa shape index (κ3) is 2.20. The number of methoxy groups -OCH3 is 1. The molecule has 0 spiro atoms. The Bertz CT molecular complexity index is 393. The van der Waals surface area contributed by atoms with Gasteiger partial charge in [-0.15, -0.1) is 0 Å². The number of carboxylic acid groups (broad SMARTS) is 1. The fourth-order valence-corrected chi connectivity index (χ4v) is 1.16. The molecule has 0 saturated heterocycles. The number of aromatic carboxylic acids is 1. The Morgan fingerprint density at radius 2 is 2.20 bits per heavy atom. The van der Waals surface area contributed by atoms with Crippen molar-refractivity contribution in [1.82, 2.24) is 4.98 Å². The second-order valence-corrected chi connectivity index (χ2v) is 2.86. The first-order valence-electron chi connectivity index (χ1n) is 4.04. The highest BCUT2D eigenvalue weighted by molar-refractivity contribution is 5.87. The number of hydrogen-bond acceptors (Lipinski definition) is 3. The van der Waals surface area contributed by atoms with Crippen LogP contribution in [0.1, 0.15) is 28.0 Å². The van der Waals surface area contributed by atoms with Crippen LogP contribution >= 0.6 is 0 Å². The van der Waals surface area contributed by atoms with Crippen LogP contribution in [0.15, 0.2) is 6.07 Å². The molecule has 0 radical (unpaired) electrons. The van der Waals surface area contributed by atoms with Gasteiger partial charge in [-0.25, -0.2) is 18.6 Å². The molecular formula is C9H9F2NO3. The van der Waals surface area contributed by atoms with Crippen molar-refractivity contribution in [3.63, 3.8) is 0 Å². The van der Waals surface area contributed by atoms with Crippen molar-refractivity contribution >= 4 is 5.97 Å². The summed E-state index contributed by atoms with van der Waals surface area (Å²) in [6.45, 7) is 1.52. The van der Waals surface area contributed by atoms with Gasteiger partial charge in [-0.05, 0) is 13.0 Å². The monoisotopic (exact) mass is 217 g/mol. The van der Waals surface area contributed by atoms with Crippen LogP contribution in [0.3, 0.4) is 0 Å². The lowest BCUT2D eigenvalue weighted by atomic mass is 10.1. The number of nitrogens with zero attached hydrogens (tertiary/aromatic N) is 1. The molecule has 6 heteroatoms. The predicted octanol–water partition coefficient (Wildman–Crippen LogP) is 2.03. The molecule has 0 saturated carbocycles. The van der Waals surface area contributed by atoms with Crippen LogP contribution in [-0.4, -0.2) is 23.2 Å². The molecule has 0 bridgehead atoms. The van der Waals surface area contributed by atoms with E-state index in [1.54, 1.807) is 0 Å². The normalized spacial score (nSPS) is 10.5. The van der Waals surface area contributed by atoms with Crippen LogP contribution < -0.4 is 4.74 Å². The van der Waals surface area contributed by atoms with Gasteiger partial charge in [0.2, 0.25) is 5.88 Å². The molecule has 1 heterocycles. The molecule has 0 atom stereocenters. The molecule has 1 aromatic rings. The first-order chi connectivity index (χ1) is 6.97. The molecule has 0 amide bonds. The minimum atomic E-state index is -2.87. The van der Waals surface area contributed by atoms with Gasteiger partial charge in [0, 0.05) is 5.56 Å². The Balaban J connectivity index is 3.39. The highest BCUT2D eigenvalue weighted by Gasteiger charge is 2.21. The second-order valence-electron chi connectivity index (χ2n) is 2.86. The van der Waals surface area contributed by atoms with Crippen molar-refractivity contribution in [3.05, 3.63) is 22.9 Å². The van der Waals surface area contributed by atoms with Gasteiger partial charge in [-0.3, -0.25) is 0 Å². The van der Waals surface area contributed by atoms with E-state index in [-0.39, 0.29) is 5.88 Å². The van der Waals surface area contributed by atoms with E-state index in [0.29, 0.717) is 5.56 Å². The zero-order valence-electron chi connectivity index (χ0n) is 8.12. The number of alkyl halides is 2. The topological polar surface area (TPSA) is 59.4 Å².